The van der Waals surface area contributed by atoms with Crippen LogP contribution in [0, 0.1) is 5.82 Å². The van der Waals surface area contributed by atoms with Crippen molar-refractivity contribution in [2.45, 2.75) is 0 Å². The van der Waals surface area contributed by atoms with E-state index in [1.807, 2.05) is 0 Å². The van der Waals surface area contributed by atoms with Crippen molar-refractivity contribution in [1.82, 2.24) is 9.78 Å². The fourth-order valence-electron chi connectivity index (χ4n) is 1.24. The van der Waals surface area contributed by atoms with Gasteiger partial charge in [-0.15, -0.1) is 0 Å². The van der Waals surface area contributed by atoms with E-state index in [2.05, 4.69) is 5.10 Å². The number of benzene rings is 1. The first kappa shape index (κ1) is 10.6. The summed E-state index contributed by atoms with van der Waals surface area (Å²) in [6.45, 7) is 0. The molecule has 2 rings (SSSR count). The predicted molar refractivity (Wildman–Crippen MR) is 55.5 cm³/mol. The molecule has 0 fully saturated rings. The van der Waals surface area contributed by atoms with Gasteiger partial charge in [-0.3, -0.25) is 0 Å². The SMILES string of the molecule is O=C(O)c1ccn(-c2ccc(F)cc2Cl)n1. The second-order valence-electron chi connectivity index (χ2n) is 3.05. The fourth-order valence-corrected chi connectivity index (χ4v) is 1.49. The second kappa shape index (κ2) is 3.94. The number of halogens is 2. The smallest absolute Gasteiger partial charge is 0.356 e. The third-order valence-electron chi connectivity index (χ3n) is 1.96. The summed E-state index contributed by atoms with van der Waals surface area (Å²) in [4.78, 5) is 10.6. The van der Waals surface area contributed by atoms with Gasteiger partial charge in [-0.25, -0.2) is 13.9 Å². The summed E-state index contributed by atoms with van der Waals surface area (Å²) < 4.78 is 14.1. The van der Waals surface area contributed by atoms with Gasteiger partial charge in [0.25, 0.3) is 0 Å². The van der Waals surface area contributed by atoms with Crippen molar-refractivity contribution in [3.63, 3.8) is 0 Å². The highest BCUT2D eigenvalue weighted by atomic mass is 35.5. The maximum atomic E-state index is 12.8. The maximum absolute atomic E-state index is 12.8. The summed E-state index contributed by atoms with van der Waals surface area (Å²) in [6, 6.07) is 5.13. The molecule has 0 aliphatic carbocycles. The quantitative estimate of drug-likeness (QED) is 0.877. The molecule has 6 heteroatoms. The van der Waals surface area contributed by atoms with E-state index in [4.69, 9.17) is 16.7 Å². The molecule has 82 valence electrons. The van der Waals surface area contributed by atoms with Gasteiger partial charge in [0.15, 0.2) is 5.69 Å². The molecule has 0 aliphatic rings. The van der Waals surface area contributed by atoms with Gasteiger partial charge in [0.2, 0.25) is 0 Å². The highest BCUT2D eigenvalue weighted by Gasteiger charge is 2.10. The van der Waals surface area contributed by atoms with Crippen LogP contribution in [0.15, 0.2) is 30.5 Å². The largest absolute Gasteiger partial charge is 0.476 e. The lowest BCUT2D eigenvalue weighted by molar-refractivity contribution is 0.0690. The van der Waals surface area contributed by atoms with E-state index in [0.717, 1.165) is 6.07 Å². The molecule has 1 aromatic heterocycles. The average molecular weight is 241 g/mol. The van der Waals surface area contributed by atoms with Crippen LogP contribution >= 0.6 is 11.6 Å². The molecular formula is C10H6ClFN2O2. The van der Waals surface area contributed by atoms with Crippen molar-refractivity contribution < 1.29 is 14.3 Å². The normalized spacial score (nSPS) is 10.4. The van der Waals surface area contributed by atoms with E-state index in [-0.39, 0.29) is 10.7 Å². The van der Waals surface area contributed by atoms with Crippen molar-refractivity contribution >= 4 is 17.6 Å². The van der Waals surface area contributed by atoms with Crippen LogP contribution in [0.25, 0.3) is 5.69 Å². The zero-order chi connectivity index (χ0) is 11.7. The maximum Gasteiger partial charge on any atom is 0.356 e. The molecule has 2 aromatic rings. The topological polar surface area (TPSA) is 55.1 Å². The first-order chi connectivity index (χ1) is 7.58. The third kappa shape index (κ3) is 1.90. The first-order valence-corrected chi connectivity index (χ1v) is 4.70. The minimum absolute atomic E-state index is 0.0969. The van der Waals surface area contributed by atoms with E-state index in [0.29, 0.717) is 5.69 Å². The Kier molecular flexibility index (Phi) is 2.62. The van der Waals surface area contributed by atoms with Crippen molar-refractivity contribution in [3.8, 4) is 5.69 Å². The summed E-state index contributed by atoms with van der Waals surface area (Å²) in [5.41, 5.74) is 0.330. The highest BCUT2D eigenvalue weighted by Crippen LogP contribution is 2.20. The van der Waals surface area contributed by atoms with E-state index >= 15 is 0 Å². The van der Waals surface area contributed by atoms with Crippen LogP contribution in [-0.2, 0) is 0 Å². The van der Waals surface area contributed by atoms with Crippen molar-refractivity contribution in [2.24, 2.45) is 0 Å². The summed E-state index contributed by atoms with van der Waals surface area (Å²) in [7, 11) is 0. The van der Waals surface area contributed by atoms with Crippen LogP contribution < -0.4 is 0 Å². The number of nitrogens with zero attached hydrogens (tertiary/aromatic N) is 2. The van der Waals surface area contributed by atoms with Crippen LogP contribution in [0.2, 0.25) is 5.02 Å². The Balaban J connectivity index is 2.46. The Morgan fingerprint density at radius 3 is 2.75 bits per heavy atom. The summed E-state index contributed by atoms with van der Waals surface area (Å²) in [5.74, 6) is -1.59. The molecule has 1 heterocycles. The molecule has 0 aliphatic heterocycles. The number of aromatic carboxylic acids is 1. The zero-order valence-corrected chi connectivity index (χ0v) is 8.65. The summed E-state index contributed by atoms with van der Waals surface area (Å²) in [5, 5.41) is 12.6. The lowest BCUT2D eigenvalue weighted by Crippen LogP contribution is -2.01. The number of carbonyl (C=O) groups is 1. The molecule has 1 N–H and O–H groups in total. The molecule has 0 spiro atoms. The fraction of sp³-hybridized carbons (Fsp3) is 0. The molecular weight excluding hydrogens is 235 g/mol. The molecule has 0 saturated carbocycles. The van der Waals surface area contributed by atoms with Gasteiger partial charge in [0.05, 0.1) is 10.7 Å². The van der Waals surface area contributed by atoms with E-state index < -0.39 is 11.8 Å². The van der Waals surface area contributed by atoms with Crippen molar-refractivity contribution in [3.05, 3.63) is 47.0 Å². The molecule has 0 unspecified atom stereocenters. The molecule has 16 heavy (non-hydrogen) atoms. The monoisotopic (exact) mass is 240 g/mol. The molecule has 0 bridgehead atoms. The zero-order valence-electron chi connectivity index (χ0n) is 7.89. The van der Waals surface area contributed by atoms with Gasteiger partial charge < -0.3 is 5.11 Å². The number of aromatic nitrogens is 2. The Bertz CT molecular complexity index is 554. The van der Waals surface area contributed by atoms with Crippen LogP contribution in [0.1, 0.15) is 10.5 Å². The van der Waals surface area contributed by atoms with Gasteiger partial charge in [0.1, 0.15) is 5.82 Å². The van der Waals surface area contributed by atoms with Crippen LogP contribution in [-0.4, -0.2) is 20.9 Å². The van der Waals surface area contributed by atoms with Gasteiger partial charge in [0, 0.05) is 6.20 Å². The number of hydrogen-bond acceptors (Lipinski definition) is 2. The number of hydrogen-bond donors (Lipinski definition) is 1. The molecule has 0 amide bonds. The Morgan fingerprint density at radius 2 is 2.19 bits per heavy atom. The van der Waals surface area contributed by atoms with Gasteiger partial charge in [-0.1, -0.05) is 11.6 Å². The Labute approximate surface area is 94.9 Å². The van der Waals surface area contributed by atoms with Crippen LogP contribution in [0.5, 0.6) is 0 Å². The lowest BCUT2D eigenvalue weighted by atomic mass is 10.3. The summed E-state index contributed by atoms with van der Waals surface area (Å²) >= 11 is 5.80. The number of carboxylic acid groups (broad SMARTS) is 1. The Hall–Kier alpha value is -1.88. The second-order valence-corrected chi connectivity index (χ2v) is 3.45. The lowest BCUT2D eigenvalue weighted by Gasteiger charge is -2.03. The van der Waals surface area contributed by atoms with Gasteiger partial charge >= 0.3 is 5.97 Å². The van der Waals surface area contributed by atoms with E-state index in [1.54, 1.807) is 0 Å². The molecule has 0 saturated heterocycles. The molecule has 1 aromatic carbocycles. The van der Waals surface area contributed by atoms with Crippen LogP contribution in [0.4, 0.5) is 4.39 Å². The predicted octanol–water partition coefficient (Wildman–Crippen LogP) is 2.36. The Morgan fingerprint density at radius 1 is 1.44 bits per heavy atom. The highest BCUT2D eigenvalue weighted by molar-refractivity contribution is 6.32. The molecule has 4 nitrogen and oxygen atoms in total. The van der Waals surface area contributed by atoms with Crippen LogP contribution in [0.3, 0.4) is 0 Å². The van der Waals surface area contributed by atoms with Crippen molar-refractivity contribution in [1.29, 1.82) is 0 Å². The van der Waals surface area contributed by atoms with Gasteiger partial charge in [-0.05, 0) is 24.3 Å². The first-order valence-electron chi connectivity index (χ1n) is 4.32. The summed E-state index contributed by atoms with van der Waals surface area (Å²) in [6.07, 6.45) is 1.45. The standard InChI is InChI=1S/C10H6ClFN2O2/c11-7-5-6(12)1-2-9(7)14-4-3-8(13-14)10(15)16/h1-5H,(H,15,16). The molecule has 0 radical (unpaired) electrons. The van der Waals surface area contributed by atoms with E-state index in [1.165, 1.54) is 29.1 Å². The van der Waals surface area contributed by atoms with Gasteiger partial charge in [-0.2, -0.15) is 5.10 Å². The number of rotatable bonds is 2. The molecule has 0 atom stereocenters. The number of carboxylic acids is 1. The van der Waals surface area contributed by atoms with Crippen molar-refractivity contribution in [2.75, 3.05) is 0 Å². The third-order valence-corrected chi connectivity index (χ3v) is 2.27. The minimum atomic E-state index is -1.13. The minimum Gasteiger partial charge on any atom is -0.476 e. The average Bonchev–Trinajstić information content (AvgIpc) is 2.66. The van der Waals surface area contributed by atoms with E-state index in [9.17, 15) is 9.18 Å².